The standard InChI is InChI=1S/C16H10Cl2N2O3/c17-12-5-9(10-7-19-23-8-10)6-13(18)15(12)20-14-4-2-1-3-11(14)16(21)22/h1-8,20H,(H,21,22). The average Bonchev–Trinajstić information content (AvgIpc) is 3.05. The summed E-state index contributed by atoms with van der Waals surface area (Å²) in [6.07, 6.45) is 3.03. The molecule has 0 atom stereocenters. The number of aromatic carboxylic acids is 1. The van der Waals surface area contributed by atoms with E-state index in [4.69, 9.17) is 27.7 Å². The number of rotatable bonds is 4. The molecule has 1 heterocycles. The van der Waals surface area contributed by atoms with Gasteiger partial charge in [-0.25, -0.2) is 4.79 Å². The zero-order valence-electron chi connectivity index (χ0n) is 11.6. The normalized spacial score (nSPS) is 10.5. The van der Waals surface area contributed by atoms with E-state index < -0.39 is 5.97 Å². The zero-order valence-corrected chi connectivity index (χ0v) is 13.1. The van der Waals surface area contributed by atoms with Gasteiger partial charge in [0.1, 0.15) is 6.26 Å². The molecule has 23 heavy (non-hydrogen) atoms. The van der Waals surface area contributed by atoms with Crippen LogP contribution in [-0.4, -0.2) is 16.2 Å². The molecule has 7 heteroatoms. The number of carbonyl (C=O) groups is 1. The van der Waals surface area contributed by atoms with Gasteiger partial charge in [-0.3, -0.25) is 0 Å². The van der Waals surface area contributed by atoms with Crippen LogP contribution in [0.4, 0.5) is 11.4 Å². The second kappa shape index (κ2) is 6.32. The summed E-state index contributed by atoms with van der Waals surface area (Å²) in [5, 5.41) is 16.6. The van der Waals surface area contributed by atoms with Crippen molar-refractivity contribution in [3.05, 3.63) is 64.5 Å². The van der Waals surface area contributed by atoms with Crippen LogP contribution in [0.2, 0.25) is 10.0 Å². The average molecular weight is 349 g/mol. The smallest absolute Gasteiger partial charge is 0.337 e. The Hall–Kier alpha value is -2.50. The highest BCUT2D eigenvalue weighted by Gasteiger charge is 2.14. The van der Waals surface area contributed by atoms with Crippen LogP contribution in [0.1, 0.15) is 10.4 Å². The molecule has 0 aliphatic rings. The third-order valence-corrected chi connectivity index (χ3v) is 3.82. The number of hydrogen-bond acceptors (Lipinski definition) is 4. The Morgan fingerprint density at radius 2 is 1.83 bits per heavy atom. The first-order valence-electron chi connectivity index (χ1n) is 6.54. The molecule has 5 nitrogen and oxygen atoms in total. The minimum Gasteiger partial charge on any atom is -0.478 e. The summed E-state index contributed by atoms with van der Waals surface area (Å²) in [5.41, 5.74) is 2.45. The topological polar surface area (TPSA) is 75.4 Å². The molecule has 0 saturated carbocycles. The lowest BCUT2D eigenvalue weighted by Gasteiger charge is -2.13. The van der Waals surface area contributed by atoms with Crippen LogP contribution in [-0.2, 0) is 0 Å². The molecule has 0 aliphatic carbocycles. The molecule has 0 amide bonds. The van der Waals surface area contributed by atoms with Crippen LogP contribution < -0.4 is 5.32 Å². The highest BCUT2D eigenvalue weighted by molar-refractivity contribution is 6.39. The molecule has 0 unspecified atom stereocenters. The van der Waals surface area contributed by atoms with Gasteiger partial charge in [0.25, 0.3) is 0 Å². The fraction of sp³-hybridized carbons (Fsp3) is 0. The summed E-state index contributed by atoms with van der Waals surface area (Å²) in [4.78, 5) is 11.3. The number of nitrogens with one attached hydrogen (secondary N) is 1. The molecule has 2 N–H and O–H groups in total. The molecule has 116 valence electrons. The summed E-state index contributed by atoms with van der Waals surface area (Å²) >= 11 is 12.6. The quantitative estimate of drug-likeness (QED) is 0.686. The van der Waals surface area contributed by atoms with Gasteiger partial charge >= 0.3 is 5.97 Å². The van der Waals surface area contributed by atoms with Gasteiger partial charge in [0, 0.05) is 5.56 Å². The monoisotopic (exact) mass is 348 g/mol. The third kappa shape index (κ3) is 3.16. The Morgan fingerprint density at radius 3 is 2.43 bits per heavy atom. The lowest BCUT2D eigenvalue weighted by Crippen LogP contribution is -2.03. The predicted molar refractivity (Wildman–Crippen MR) is 88.6 cm³/mol. The minimum atomic E-state index is -1.04. The molecular weight excluding hydrogens is 339 g/mol. The van der Waals surface area contributed by atoms with Gasteiger partial charge < -0.3 is 14.9 Å². The van der Waals surface area contributed by atoms with Gasteiger partial charge in [0.05, 0.1) is 33.2 Å². The fourth-order valence-electron chi connectivity index (χ4n) is 2.12. The van der Waals surface area contributed by atoms with Crippen LogP contribution >= 0.6 is 23.2 Å². The summed E-state index contributed by atoms with van der Waals surface area (Å²) in [6.45, 7) is 0. The molecular formula is C16H10Cl2N2O3. The predicted octanol–water partition coefficient (Wildman–Crippen LogP) is 5.09. The van der Waals surface area contributed by atoms with Gasteiger partial charge in [-0.2, -0.15) is 0 Å². The van der Waals surface area contributed by atoms with Crippen LogP contribution in [0.3, 0.4) is 0 Å². The molecule has 3 aromatic rings. The zero-order chi connectivity index (χ0) is 16.4. The lowest BCUT2D eigenvalue weighted by molar-refractivity contribution is 0.0698. The van der Waals surface area contributed by atoms with Crippen molar-refractivity contribution in [3.63, 3.8) is 0 Å². The Kier molecular flexibility index (Phi) is 4.23. The fourth-order valence-corrected chi connectivity index (χ4v) is 2.70. The van der Waals surface area contributed by atoms with Crippen LogP contribution in [0, 0.1) is 0 Å². The van der Waals surface area contributed by atoms with Crippen molar-refractivity contribution in [1.82, 2.24) is 5.16 Å². The van der Waals surface area contributed by atoms with E-state index in [0.717, 1.165) is 11.1 Å². The number of carboxylic acid groups (broad SMARTS) is 1. The van der Waals surface area contributed by atoms with Gasteiger partial charge in [-0.05, 0) is 29.8 Å². The molecule has 2 aromatic carbocycles. The number of hydrogen-bond donors (Lipinski definition) is 2. The Labute approximate surface area is 141 Å². The van der Waals surface area contributed by atoms with Crippen molar-refractivity contribution in [2.75, 3.05) is 5.32 Å². The summed E-state index contributed by atoms with van der Waals surface area (Å²) in [5.74, 6) is -1.04. The van der Waals surface area contributed by atoms with E-state index in [2.05, 4.69) is 10.5 Å². The van der Waals surface area contributed by atoms with Crippen molar-refractivity contribution in [2.45, 2.75) is 0 Å². The molecule has 0 spiro atoms. The van der Waals surface area contributed by atoms with E-state index in [1.54, 1.807) is 36.5 Å². The maximum atomic E-state index is 11.3. The van der Waals surface area contributed by atoms with Crippen LogP contribution in [0.25, 0.3) is 11.1 Å². The van der Waals surface area contributed by atoms with Gasteiger partial charge in [-0.1, -0.05) is 40.5 Å². The molecule has 0 radical (unpaired) electrons. The Morgan fingerprint density at radius 1 is 1.13 bits per heavy atom. The summed E-state index contributed by atoms with van der Waals surface area (Å²) in [7, 11) is 0. The molecule has 0 aliphatic heterocycles. The molecule has 0 saturated heterocycles. The van der Waals surface area contributed by atoms with Crippen molar-refractivity contribution in [3.8, 4) is 11.1 Å². The van der Waals surface area contributed by atoms with E-state index in [0.29, 0.717) is 21.4 Å². The second-order valence-electron chi connectivity index (χ2n) is 4.70. The number of benzene rings is 2. The summed E-state index contributed by atoms with van der Waals surface area (Å²) < 4.78 is 4.80. The Bertz CT molecular complexity index is 841. The highest BCUT2D eigenvalue weighted by atomic mass is 35.5. The van der Waals surface area contributed by atoms with Crippen molar-refractivity contribution >= 4 is 40.5 Å². The maximum absolute atomic E-state index is 11.3. The largest absolute Gasteiger partial charge is 0.478 e. The summed E-state index contributed by atoms with van der Waals surface area (Å²) in [6, 6.07) is 9.91. The SMILES string of the molecule is O=C(O)c1ccccc1Nc1c(Cl)cc(-c2cnoc2)cc1Cl. The van der Waals surface area contributed by atoms with Crippen molar-refractivity contribution < 1.29 is 14.4 Å². The number of para-hydroxylation sites is 1. The first-order valence-corrected chi connectivity index (χ1v) is 7.30. The van der Waals surface area contributed by atoms with Crippen molar-refractivity contribution in [1.29, 1.82) is 0 Å². The van der Waals surface area contributed by atoms with E-state index in [-0.39, 0.29) is 5.56 Å². The van der Waals surface area contributed by atoms with Gasteiger partial charge in [0.2, 0.25) is 0 Å². The number of anilines is 2. The number of halogens is 2. The van der Waals surface area contributed by atoms with E-state index in [9.17, 15) is 9.90 Å². The number of nitrogens with zero attached hydrogens (tertiary/aromatic N) is 1. The first kappa shape index (κ1) is 15.4. The van der Waals surface area contributed by atoms with E-state index in [1.165, 1.54) is 12.3 Å². The number of carboxylic acids is 1. The molecule has 1 aromatic heterocycles. The third-order valence-electron chi connectivity index (χ3n) is 3.22. The molecule has 0 bridgehead atoms. The lowest BCUT2D eigenvalue weighted by atomic mass is 10.1. The first-order chi connectivity index (χ1) is 11.1. The highest BCUT2D eigenvalue weighted by Crippen LogP contribution is 2.37. The van der Waals surface area contributed by atoms with Gasteiger partial charge in [0.15, 0.2) is 0 Å². The Balaban J connectivity index is 2.00. The minimum absolute atomic E-state index is 0.128. The van der Waals surface area contributed by atoms with Gasteiger partial charge in [-0.15, -0.1) is 0 Å². The van der Waals surface area contributed by atoms with Crippen LogP contribution in [0.15, 0.2) is 53.4 Å². The van der Waals surface area contributed by atoms with E-state index >= 15 is 0 Å². The second-order valence-corrected chi connectivity index (χ2v) is 5.52. The van der Waals surface area contributed by atoms with Crippen molar-refractivity contribution in [2.24, 2.45) is 0 Å². The number of aromatic nitrogens is 1. The molecule has 0 fully saturated rings. The van der Waals surface area contributed by atoms with E-state index in [1.807, 2.05) is 0 Å². The molecule has 3 rings (SSSR count). The maximum Gasteiger partial charge on any atom is 0.337 e. The van der Waals surface area contributed by atoms with Crippen LogP contribution in [0.5, 0.6) is 0 Å².